The Labute approximate surface area is 91.2 Å². The fourth-order valence-corrected chi connectivity index (χ4v) is 1.73. The van der Waals surface area contributed by atoms with Gasteiger partial charge in [-0.1, -0.05) is 13.8 Å². The predicted molar refractivity (Wildman–Crippen MR) is 48.7 cm³/mol. The Hall–Kier alpha value is -0.760. The van der Waals surface area contributed by atoms with Gasteiger partial charge in [-0.25, -0.2) is 0 Å². The van der Waals surface area contributed by atoms with Gasteiger partial charge in [0.15, 0.2) is 0 Å². The standard InChI is InChI=1S/C8H11F3O4S/c1-7(2)5-14-4-3-6(7)15-16(12,13)8(9,10)11/h3H,4-5H2,1-2H3. The van der Waals surface area contributed by atoms with E-state index < -0.39 is 21.0 Å². The summed E-state index contributed by atoms with van der Waals surface area (Å²) in [6.07, 6.45) is 1.19. The number of ether oxygens (including phenoxy) is 1. The first-order valence-electron chi connectivity index (χ1n) is 4.35. The topological polar surface area (TPSA) is 52.6 Å². The molecule has 0 saturated carbocycles. The molecule has 0 bridgehead atoms. The van der Waals surface area contributed by atoms with Gasteiger partial charge in [-0.05, 0) is 6.08 Å². The van der Waals surface area contributed by atoms with Crippen LogP contribution in [0.25, 0.3) is 0 Å². The maximum Gasteiger partial charge on any atom is 0.534 e. The first kappa shape index (κ1) is 13.3. The molecule has 1 aliphatic heterocycles. The van der Waals surface area contributed by atoms with Gasteiger partial charge < -0.3 is 8.92 Å². The molecule has 94 valence electrons. The van der Waals surface area contributed by atoms with Crippen LogP contribution in [0.2, 0.25) is 0 Å². The fraction of sp³-hybridized carbons (Fsp3) is 0.750. The van der Waals surface area contributed by atoms with Crippen LogP contribution in [0.1, 0.15) is 13.8 Å². The number of hydrogen-bond acceptors (Lipinski definition) is 4. The normalized spacial score (nSPS) is 21.4. The average Bonchev–Trinajstić information content (AvgIpc) is 2.06. The van der Waals surface area contributed by atoms with Gasteiger partial charge in [0.25, 0.3) is 0 Å². The zero-order valence-corrected chi connectivity index (χ0v) is 9.48. The van der Waals surface area contributed by atoms with Crippen molar-refractivity contribution >= 4 is 10.1 Å². The molecule has 0 spiro atoms. The van der Waals surface area contributed by atoms with Crippen LogP contribution < -0.4 is 0 Å². The molecule has 4 nitrogen and oxygen atoms in total. The molecule has 1 aliphatic rings. The highest BCUT2D eigenvalue weighted by atomic mass is 32.2. The van der Waals surface area contributed by atoms with Crippen molar-refractivity contribution in [2.45, 2.75) is 19.4 Å². The van der Waals surface area contributed by atoms with Gasteiger partial charge in [-0.3, -0.25) is 0 Å². The molecule has 0 aromatic heterocycles. The minimum Gasteiger partial charge on any atom is -0.380 e. The Morgan fingerprint density at radius 1 is 1.44 bits per heavy atom. The van der Waals surface area contributed by atoms with E-state index in [0.29, 0.717) is 0 Å². The molecule has 1 rings (SSSR count). The van der Waals surface area contributed by atoms with Crippen molar-refractivity contribution in [2.24, 2.45) is 5.41 Å². The van der Waals surface area contributed by atoms with E-state index in [0.717, 1.165) is 0 Å². The molecule has 1 heterocycles. The molecule has 0 saturated heterocycles. The van der Waals surface area contributed by atoms with Gasteiger partial charge in [0.1, 0.15) is 5.76 Å². The Morgan fingerprint density at radius 2 is 2.00 bits per heavy atom. The SMILES string of the molecule is CC1(C)COCC=C1OS(=O)(=O)C(F)(F)F. The summed E-state index contributed by atoms with van der Waals surface area (Å²) in [5.41, 5.74) is -6.31. The van der Waals surface area contributed by atoms with Gasteiger partial charge in [0, 0.05) is 5.41 Å². The third-order valence-corrected chi connectivity index (χ3v) is 2.97. The van der Waals surface area contributed by atoms with E-state index in [1.54, 1.807) is 0 Å². The van der Waals surface area contributed by atoms with E-state index in [1.165, 1.54) is 19.9 Å². The van der Waals surface area contributed by atoms with Gasteiger partial charge in [0.05, 0.1) is 13.2 Å². The lowest BCUT2D eigenvalue weighted by Gasteiger charge is -2.30. The van der Waals surface area contributed by atoms with Crippen molar-refractivity contribution < 1.29 is 30.5 Å². The first-order valence-corrected chi connectivity index (χ1v) is 5.76. The minimum atomic E-state index is -5.59. The van der Waals surface area contributed by atoms with Crippen LogP contribution in [0.15, 0.2) is 11.8 Å². The lowest BCUT2D eigenvalue weighted by Crippen LogP contribution is -2.33. The van der Waals surface area contributed by atoms with Gasteiger partial charge in [0.2, 0.25) is 0 Å². The number of hydrogen-bond donors (Lipinski definition) is 0. The van der Waals surface area contributed by atoms with Crippen molar-refractivity contribution in [2.75, 3.05) is 13.2 Å². The predicted octanol–water partition coefficient (Wildman–Crippen LogP) is 1.79. The molecule has 16 heavy (non-hydrogen) atoms. The summed E-state index contributed by atoms with van der Waals surface area (Å²) in [5, 5.41) is 0. The maximum absolute atomic E-state index is 12.1. The molecule has 0 aromatic rings. The van der Waals surface area contributed by atoms with Crippen LogP contribution in [-0.2, 0) is 19.0 Å². The second-order valence-corrected chi connectivity index (χ2v) is 5.49. The Balaban J connectivity index is 2.94. The summed E-state index contributed by atoms with van der Waals surface area (Å²) in [6, 6.07) is 0. The molecule has 0 amide bonds. The largest absolute Gasteiger partial charge is 0.534 e. The molecule has 0 unspecified atom stereocenters. The van der Waals surface area contributed by atoms with E-state index >= 15 is 0 Å². The fourth-order valence-electron chi connectivity index (χ4n) is 1.11. The number of alkyl halides is 3. The Bertz CT molecular complexity index is 394. The van der Waals surface area contributed by atoms with Crippen molar-refractivity contribution in [3.63, 3.8) is 0 Å². The highest BCUT2D eigenvalue weighted by molar-refractivity contribution is 7.87. The molecule has 0 radical (unpaired) electrons. The zero-order valence-electron chi connectivity index (χ0n) is 8.67. The highest BCUT2D eigenvalue weighted by Crippen LogP contribution is 2.35. The van der Waals surface area contributed by atoms with Crippen LogP contribution in [0.3, 0.4) is 0 Å². The lowest BCUT2D eigenvalue weighted by molar-refractivity contribution is -0.0545. The van der Waals surface area contributed by atoms with E-state index in [2.05, 4.69) is 4.18 Å². The third kappa shape index (κ3) is 2.67. The van der Waals surface area contributed by atoms with Crippen molar-refractivity contribution in [3.05, 3.63) is 11.8 Å². The smallest absolute Gasteiger partial charge is 0.380 e. The molecular weight excluding hydrogens is 249 g/mol. The van der Waals surface area contributed by atoms with E-state index in [9.17, 15) is 21.6 Å². The van der Waals surface area contributed by atoms with Gasteiger partial charge in [-0.15, -0.1) is 0 Å². The van der Waals surface area contributed by atoms with Gasteiger partial charge >= 0.3 is 15.6 Å². The Kier molecular flexibility index (Phi) is 3.26. The van der Waals surface area contributed by atoms with Crippen LogP contribution in [0.5, 0.6) is 0 Å². The van der Waals surface area contributed by atoms with Crippen molar-refractivity contribution in [1.29, 1.82) is 0 Å². The maximum atomic E-state index is 12.1. The monoisotopic (exact) mass is 260 g/mol. The summed E-state index contributed by atoms with van der Waals surface area (Å²) in [4.78, 5) is 0. The summed E-state index contributed by atoms with van der Waals surface area (Å²) >= 11 is 0. The quantitative estimate of drug-likeness (QED) is 0.561. The first-order chi connectivity index (χ1) is 7.06. The second kappa shape index (κ2) is 3.92. The summed E-state index contributed by atoms with van der Waals surface area (Å²) in [6.45, 7) is 3.20. The summed E-state index contributed by atoms with van der Waals surface area (Å²) in [5.74, 6) is -0.240. The van der Waals surface area contributed by atoms with E-state index in [-0.39, 0.29) is 19.0 Å². The lowest BCUT2D eigenvalue weighted by atomic mass is 9.91. The van der Waals surface area contributed by atoms with Crippen molar-refractivity contribution in [3.8, 4) is 0 Å². The zero-order chi connectivity index (χ0) is 12.6. The average molecular weight is 260 g/mol. The molecule has 0 N–H and O–H groups in total. The van der Waals surface area contributed by atoms with Crippen LogP contribution >= 0.6 is 0 Å². The molecule has 8 heteroatoms. The Morgan fingerprint density at radius 3 is 2.44 bits per heavy atom. The van der Waals surface area contributed by atoms with E-state index in [4.69, 9.17) is 4.74 Å². The molecule has 0 aromatic carbocycles. The number of rotatable bonds is 2. The summed E-state index contributed by atoms with van der Waals surface area (Å²) < 4.78 is 66.8. The molecule has 0 aliphatic carbocycles. The highest BCUT2D eigenvalue weighted by Gasteiger charge is 2.50. The van der Waals surface area contributed by atoms with Crippen LogP contribution in [0.4, 0.5) is 13.2 Å². The van der Waals surface area contributed by atoms with Gasteiger partial charge in [-0.2, -0.15) is 21.6 Å². The van der Waals surface area contributed by atoms with Crippen molar-refractivity contribution in [1.82, 2.24) is 0 Å². The third-order valence-electron chi connectivity index (χ3n) is 2.00. The van der Waals surface area contributed by atoms with Crippen LogP contribution in [0, 0.1) is 5.41 Å². The molecule has 0 atom stereocenters. The van der Waals surface area contributed by atoms with E-state index in [1.807, 2.05) is 0 Å². The second-order valence-electron chi connectivity index (χ2n) is 3.95. The molecule has 0 fully saturated rings. The summed E-state index contributed by atoms with van der Waals surface area (Å²) in [7, 11) is -5.59. The number of halogens is 3. The molecular formula is C8H11F3O4S. The van der Waals surface area contributed by atoms with Crippen LogP contribution in [-0.4, -0.2) is 27.1 Å². The minimum absolute atomic E-state index is 0.0339.